The summed E-state index contributed by atoms with van der Waals surface area (Å²) in [7, 11) is 1.41. The predicted octanol–water partition coefficient (Wildman–Crippen LogP) is 7.18. The van der Waals surface area contributed by atoms with Crippen LogP contribution in [0.2, 0.25) is 0 Å². The zero-order valence-electron chi connectivity index (χ0n) is 18.9. The van der Waals surface area contributed by atoms with E-state index in [0.29, 0.717) is 5.56 Å². The maximum absolute atomic E-state index is 12.2. The highest BCUT2D eigenvalue weighted by atomic mass is 16.5. The molecule has 1 aliphatic heterocycles. The molecular formula is C30H26O3. The lowest BCUT2D eigenvalue weighted by atomic mass is 9.92. The molecule has 3 nitrogen and oxygen atoms in total. The SMILES string of the molecule is COC(=O)c1ccccc1-c1ccc2c(c1)OC(c1cccc(-c3cccc(C)c3)c1)CC2. The highest BCUT2D eigenvalue weighted by Gasteiger charge is 2.23. The van der Waals surface area contributed by atoms with Crippen LogP contribution in [0.1, 0.15) is 39.6 Å². The summed E-state index contributed by atoms with van der Waals surface area (Å²) in [5.41, 5.74) is 8.39. The van der Waals surface area contributed by atoms with Gasteiger partial charge in [-0.1, -0.05) is 78.4 Å². The Bertz CT molecular complexity index is 1320. The lowest BCUT2D eigenvalue weighted by molar-refractivity contribution is 0.0601. The number of aryl methyl sites for hydroxylation is 2. The van der Waals surface area contributed by atoms with Gasteiger partial charge in [-0.3, -0.25) is 0 Å². The van der Waals surface area contributed by atoms with Crippen LogP contribution < -0.4 is 4.74 Å². The number of rotatable bonds is 4. The van der Waals surface area contributed by atoms with E-state index in [0.717, 1.165) is 29.7 Å². The van der Waals surface area contributed by atoms with E-state index in [9.17, 15) is 4.79 Å². The minimum absolute atomic E-state index is 0.00615. The first-order valence-corrected chi connectivity index (χ1v) is 11.3. The van der Waals surface area contributed by atoms with Crippen molar-refractivity contribution in [3.63, 3.8) is 0 Å². The standard InChI is InChI=1S/C30H26O3/c1-20-7-5-8-22(17-20)23-9-6-10-25(18-23)28-16-15-21-13-14-24(19-29(21)33-28)26-11-3-4-12-27(26)30(31)32-2/h3-14,17-19,28H,15-16H2,1-2H3. The van der Waals surface area contributed by atoms with Crippen molar-refractivity contribution < 1.29 is 14.3 Å². The second-order valence-electron chi connectivity index (χ2n) is 8.50. The molecule has 0 N–H and O–H groups in total. The molecule has 0 spiro atoms. The number of carbonyl (C=O) groups is 1. The zero-order valence-corrected chi connectivity index (χ0v) is 18.9. The molecule has 4 aromatic rings. The second-order valence-corrected chi connectivity index (χ2v) is 8.50. The molecule has 0 fully saturated rings. The normalized spacial score (nSPS) is 14.8. The van der Waals surface area contributed by atoms with Gasteiger partial charge in [0, 0.05) is 0 Å². The molecule has 164 valence electrons. The smallest absolute Gasteiger partial charge is 0.338 e. The number of esters is 1. The lowest BCUT2D eigenvalue weighted by Gasteiger charge is -2.27. The fraction of sp³-hybridized carbons (Fsp3) is 0.167. The van der Waals surface area contributed by atoms with Gasteiger partial charge in [-0.25, -0.2) is 4.79 Å². The van der Waals surface area contributed by atoms with E-state index in [1.54, 1.807) is 6.07 Å². The lowest BCUT2D eigenvalue weighted by Crippen LogP contribution is -2.15. The van der Waals surface area contributed by atoms with Gasteiger partial charge in [0.15, 0.2) is 0 Å². The minimum atomic E-state index is -0.338. The highest BCUT2D eigenvalue weighted by molar-refractivity contribution is 5.97. The van der Waals surface area contributed by atoms with Crippen molar-refractivity contribution in [3.05, 3.63) is 113 Å². The average molecular weight is 435 g/mol. The van der Waals surface area contributed by atoms with Crippen LogP contribution in [0.4, 0.5) is 0 Å². The molecule has 0 amide bonds. The summed E-state index contributed by atoms with van der Waals surface area (Å²) in [6.45, 7) is 2.12. The van der Waals surface area contributed by atoms with Crippen molar-refractivity contribution in [2.24, 2.45) is 0 Å². The monoisotopic (exact) mass is 434 g/mol. The Hall–Kier alpha value is -3.85. The van der Waals surface area contributed by atoms with Crippen LogP contribution in [-0.2, 0) is 11.2 Å². The van der Waals surface area contributed by atoms with E-state index in [1.165, 1.54) is 34.9 Å². The van der Waals surface area contributed by atoms with Crippen LogP contribution in [0.25, 0.3) is 22.3 Å². The van der Waals surface area contributed by atoms with E-state index in [1.807, 2.05) is 24.3 Å². The number of ether oxygens (including phenoxy) is 2. The van der Waals surface area contributed by atoms with Crippen LogP contribution >= 0.6 is 0 Å². The van der Waals surface area contributed by atoms with Gasteiger partial charge in [0.25, 0.3) is 0 Å². The van der Waals surface area contributed by atoms with Gasteiger partial charge in [-0.05, 0) is 71.3 Å². The Morgan fingerprint density at radius 1 is 0.848 bits per heavy atom. The van der Waals surface area contributed by atoms with E-state index in [4.69, 9.17) is 9.47 Å². The number of benzene rings is 4. The van der Waals surface area contributed by atoms with Gasteiger partial charge in [0.1, 0.15) is 11.9 Å². The molecule has 0 aliphatic carbocycles. The molecule has 0 aromatic heterocycles. The van der Waals surface area contributed by atoms with Crippen molar-refractivity contribution in [2.45, 2.75) is 25.9 Å². The first-order chi connectivity index (χ1) is 16.1. The Morgan fingerprint density at radius 3 is 2.45 bits per heavy atom. The molecule has 1 atom stereocenters. The van der Waals surface area contributed by atoms with Crippen molar-refractivity contribution in [2.75, 3.05) is 7.11 Å². The number of methoxy groups -OCH3 is 1. The van der Waals surface area contributed by atoms with Gasteiger partial charge >= 0.3 is 5.97 Å². The zero-order chi connectivity index (χ0) is 22.8. The second kappa shape index (κ2) is 8.95. The number of hydrogen-bond acceptors (Lipinski definition) is 3. The first kappa shape index (κ1) is 21.0. The fourth-order valence-corrected chi connectivity index (χ4v) is 4.54. The Kier molecular flexibility index (Phi) is 5.70. The summed E-state index contributed by atoms with van der Waals surface area (Å²) in [5.74, 6) is 0.541. The van der Waals surface area contributed by atoms with Gasteiger partial charge in [-0.2, -0.15) is 0 Å². The summed E-state index contributed by atoms with van der Waals surface area (Å²) in [4.78, 5) is 12.2. The Labute approximate surface area is 194 Å². The average Bonchev–Trinajstić information content (AvgIpc) is 2.87. The largest absolute Gasteiger partial charge is 0.485 e. The van der Waals surface area contributed by atoms with Crippen molar-refractivity contribution in [1.82, 2.24) is 0 Å². The molecule has 0 saturated carbocycles. The third kappa shape index (κ3) is 4.27. The maximum atomic E-state index is 12.2. The molecule has 0 saturated heterocycles. The third-order valence-electron chi connectivity index (χ3n) is 6.27. The molecule has 0 bridgehead atoms. The summed E-state index contributed by atoms with van der Waals surface area (Å²) >= 11 is 0. The summed E-state index contributed by atoms with van der Waals surface area (Å²) < 4.78 is 11.5. The van der Waals surface area contributed by atoms with E-state index < -0.39 is 0 Å². The number of carbonyl (C=O) groups excluding carboxylic acids is 1. The molecule has 1 heterocycles. The summed E-state index contributed by atoms with van der Waals surface area (Å²) in [5, 5.41) is 0. The van der Waals surface area contributed by atoms with E-state index in [2.05, 4.69) is 67.6 Å². The Morgan fingerprint density at radius 2 is 1.64 bits per heavy atom. The Balaban J connectivity index is 1.46. The van der Waals surface area contributed by atoms with Crippen molar-refractivity contribution >= 4 is 5.97 Å². The fourth-order valence-electron chi connectivity index (χ4n) is 4.54. The van der Waals surface area contributed by atoms with Gasteiger partial charge < -0.3 is 9.47 Å². The topological polar surface area (TPSA) is 35.5 Å². The van der Waals surface area contributed by atoms with Gasteiger partial charge in [0.2, 0.25) is 0 Å². The quantitative estimate of drug-likeness (QED) is 0.319. The number of fused-ring (bicyclic) bond motifs is 1. The minimum Gasteiger partial charge on any atom is -0.485 e. The van der Waals surface area contributed by atoms with Gasteiger partial charge in [-0.15, -0.1) is 0 Å². The molecule has 3 heteroatoms. The number of hydrogen-bond donors (Lipinski definition) is 0. The summed E-state index contributed by atoms with van der Waals surface area (Å²) in [6, 6.07) is 30.9. The summed E-state index contributed by atoms with van der Waals surface area (Å²) in [6.07, 6.45) is 1.88. The van der Waals surface area contributed by atoms with E-state index >= 15 is 0 Å². The van der Waals surface area contributed by atoms with Crippen molar-refractivity contribution in [1.29, 1.82) is 0 Å². The molecule has 5 rings (SSSR count). The highest BCUT2D eigenvalue weighted by Crippen LogP contribution is 2.39. The van der Waals surface area contributed by atoms with Crippen LogP contribution in [0.15, 0.2) is 91.0 Å². The van der Waals surface area contributed by atoms with Crippen LogP contribution in [-0.4, -0.2) is 13.1 Å². The van der Waals surface area contributed by atoms with Crippen LogP contribution in [0.3, 0.4) is 0 Å². The third-order valence-corrected chi connectivity index (χ3v) is 6.27. The maximum Gasteiger partial charge on any atom is 0.338 e. The molecule has 4 aromatic carbocycles. The van der Waals surface area contributed by atoms with E-state index in [-0.39, 0.29) is 12.1 Å². The molecule has 1 aliphatic rings. The van der Waals surface area contributed by atoms with Gasteiger partial charge in [0.05, 0.1) is 12.7 Å². The molecule has 1 unspecified atom stereocenters. The van der Waals surface area contributed by atoms with Crippen LogP contribution in [0.5, 0.6) is 5.75 Å². The first-order valence-electron chi connectivity index (χ1n) is 11.3. The molecule has 0 radical (unpaired) electrons. The molecule has 33 heavy (non-hydrogen) atoms. The molecular weight excluding hydrogens is 408 g/mol. The van der Waals surface area contributed by atoms with Crippen LogP contribution in [0, 0.1) is 6.92 Å². The van der Waals surface area contributed by atoms with Crippen molar-refractivity contribution in [3.8, 4) is 28.0 Å². The predicted molar refractivity (Wildman–Crippen MR) is 132 cm³/mol.